The second kappa shape index (κ2) is 5.96. The second-order valence-corrected chi connectivity index (χ2v) is 6.40. The van der Waals surface area contributed by atoms with Crippen LogP contribution in [0.2, 0.25) is 0 Å². The number of amides is 1. The number of rotatable bonds is 3. The van der Waals surface area contributed by atoms with Crippen LogP contribution in [0.25, 0.3) is 0 Å². The summed E-state index contributed by atoms with van der Waals surface area (Å²) in [5.74, 6) is 0.00852. The van der Waals surface area contributed by atoms with Crippen LogP contribution in [-0.4, -0.2) is 5.91 Å². The molecule has 0 saturated heterocycles. The van der Waals surface area contributed by atoms with E-state index in [0.717, 1.165) is 16.7 Å². The van der Waals surface area contributed by atoms with Crippen molar-refractivity contribution in [2.24, 2.45) is 0 Å². The Labute approximate surface area is 132 Å². The van der Waals surface area contributed by atoms with Gasteiger partial charge in [0.05, 0.1) is 6.04 Å². The van der Waals surface area contributed by atoms with E-state index in [-0.39, 0.29) is 11.9 Å². The van der Waals surface area contributed by atoms with E-state index in [1.54, 1.807) is 0 Å². The molecule has 1 aliphatic carbocycles. The molecule has 2 aromatic carbocycles. The highest BCUT2D eigenvalue weighted by atomic mass is 16.1. The molecule has 0 radical (unpaired) electrons. The highest BCUT2D eigenvalue weighted by Crippen LogP contribution is 2.25. The maximum Gasteiger partial charge on any atom is 0.252 e. The Kier molecular flexibility index (Phi) is 4.02. The highest BCUT2D eigenvalue weighted by Gasteiger charge is 2.16. The second-order valence-electron chi connectivity index (χ2n) is 6.40. The molecule has 2 heteroatoms. The largest absolute Gasteiger partial charge is 0.346 e. The SMILES string of the molecule is Cc1ccc(C)c(C(=O)N[C@@H](C)c2ccc3c(c2)CCC3)c1. The molecule has 2 nitrogen and oxygen atoms in total. The summed E-state index contributed by atoms with van der Waals surface area (Å²) in [5.41, 5.74) is 7.01. The van der Waals surface area contributed by atoms with Crippen molar-refractivity contribution in [1.29, 1.82) is 0 Å². The van der Waals surface area contributed by atoms with Gasteiger partial charge in [0.15, 0.2) is 0 Å². The molecule has 0 aliphatic heterocycles. The topological polar surface area (TPSA) is 29.1 Å². The molecule has 0 aromatic heterocycles. The van der Waals surface area contributed by atoms with Gasteiger partial charge < -0.3 is 5.32 Å². The number of hydrogen-bond acceptors (Lipinski definition) is 1. The molecule has 1 N–H and O–H groups in total. The predicted molar refractivity (Wildman–Crippen MR) is 90.3 cm³/mol. The number of fused-ring (bicyclic) bond motifs is 1. The minimum Gasteiger partial charge on any atom is -0.346 e. The van der Waals surface area contributed by atoms with E-state index < -0.39 is 0 Å². The van der Waals surface area contributed by atoms with Gasteiger partial charge >= 0.3 is 0 Å². The Balaban J connectivity index is 1.77. The Morgan fingerprint density at radius 3 is 2.64 bits per heavy atom. The van der Waals surface area contributed by atoms with Crippen LogP contribution in [0.4, 0.5) is 0 Å². The lowest BCUT2D eigenvalue weighted by Crippen LogP contribution is -2.27. The lowest BCUT2D eigenvalue weighted by atomic mass is 10.0. The van der Waals surface area contributed by atoms with Gasteiger partial charge in [-0.05, 0) is 68.4 Å². The fourth-order valence-electron chi connectivity index (χ4n) is 3.20. The molecular weight excluding hydrogens is 270 g/mol. The molecule has 2 aromatic rings. The van der Waals surface area contributed by atoms with Crippen LogP contribution < -0.4 is 5.32 Å². The molecule has 3 rings (SSSR count). The van der Waals surface area contributed by atoms with Crippen molar-refractivity contribution in [2.45, 2.75) is 46.1 Å². The van der Waals surface area contributed by atoms with Crippen LogP contribution in [0.5, 0.6) is 0 Å². The first-order chi connectivity index (χ1) is 10.5. The van der Waals surface area contributed by atoms with Gasteiger partial charge in [-0.2, -0.15) is 0 Å². The minimum atomic E-state index is 0.00852. The van der Waals surface area contributed by atoms with Gasteiger partial charge in [-0.3, -0.25) is 4.79 Å². The summed E-state index contributed by atoms with van der Waals surface area (Å²) in [4.78, 5) is 12.5. The maximum atomic E-state index is 12.5. The third-order valence-electron chi connectivity index (χ3n) is 4.61. The van der Waals surface area contributed by atoms with Crippen molar-refractivity contribution in [3.05, 3.63) is 69.8 Å². The molecule has 0 bridgehead atoms. The Morgan fingerprint density at radius 2 is 1.82 bits per heavy atom. The third kappa shape index (κ3) is 2.92. The number of benzene rings is 2. The van der Waals surface area contributed by atoms with Crippen molar-refractivity contribution < 1.29 is 4.79 Å². The van der Waals surface area contributed by atoms with Crippen LogP contribution in [0.1, 0.15) is 57.6 Å². The molecule has 114 valence electrons. The zero-order valence-corrected chi connectivity index (χ0v) is 13.6. The molecule has 0 saturated carbocycles. The lowest BCUT2D eigenvalue weighted by Gasteiger charge is -2.17. The van der Waals surface area contributed by atoms with Gasteiger partial charge in [0, 0.05) is 5.56 Å². The van der Waals surface area contributed by atoms with Gasteiger partial charge in [0.2, 0.25) is 0 Å². The van der Waals surface area contributed by atoms with Crippen molar-refractivity contribution in [1.82, 2.24) is 5.32 Å². The van der Waals surface area contributed by atoms with E-state index in [4.69, 9.17) is 0 Å². The van der Waals surface area contributed by atoms with E-state index >= 15 is 0 Å². The van der Waals surface area contributed by atoms with Gasteiger partial charge in [-0.15, -0.1) is 0 Å². The van der Waals surface area contributed by atoms with Gasteiger partial charge in [0.25, 0.3) is 5.91 Å². The zero-order chi connectivity index (χ0) is 15.7. The van der Waals surface area contributed by atoms with Crippen LogP contribution >= 0.6 is 0 Å². The monoisotopic (exact) mass is 293 g/mol. The third-order valence-corrected chi connectivity index (χ3v) is 4.61. The van der Waals surface area contributed by atoms with Crippen molar-refractivity contribution >= 4 is 5.91 Å². The first kappa shape index (κ1) is 14.8. The average molecular weight is 293 g/mol. The summed E-state index contributed by atoms with van der Waals surface area (Å²) in [7, 11) is 0. The Hall–Kier alpha value is -2.09. The van der Waals surface area contributed by atoms with E-state index in [9.17, 15) is 4.79 Å². The van der Waals surface area contributed by atoms with Crippen molar-refractivity contribution in [2.75, 3.05) is 0 Å². The maximum absolute atomic E-state index is 12.5. The number of nitrogens with one attached hydrogen (secondary N) is 1. The molecule has 1 aliphatic rings. The fourth-order valence-corrected chi connectivity index (χ4v) is 3.20. The molecule has 0 unspecified atom stereocenters. The summed E-state index contributed by atoms with van der Waals surface area (Å²) < 4.78 is 0. The summed E-state index contributed by atoms with van der Waals surface area (Å²) in [6.07, 6.45) is 3.61. The molecule has 1 amide bonds. The summed E-state index contributed by atoms with van der Waals surface area (Å²) in [6.45, 7) is 6.05. The fraction of sp³-hybridized carbons (Fsp3) is 0.350. The zero-order valence-electron chi connectivity index (χ0n) is 13.6. The molecule has 22 heavy (non-hydrogen) atoms. The smallest absolute Gasteiger partial charge is 0.252 e. The van der Waals surface area contributed by atoms with E-state index in [1.165, 1.54) is 36.0 Å². The lowest BCUT2D eigenvalue weighted by molar-refractivity contribution is 0.0939. The van der Waals surface area contributed by atoms with E-state index in [0.29, 0.717) is 0 Å². The predicted octanol–water partition coefficient (Wildman–Crippen LogP) is 4.28. The van der Waals surface area contributed by atoms with Crippen LogP contribution in [0.3, 0.4) is 0 Å². The number of carbonyl (C=O) groups excluding carboxylic acids is 1. The van der Waals surface area contributed by atoms with Gasteiger partial charge in [0.1, 0.15) is 0 Å². The van der Waals surface area contributed by atoms with Crippen molar-refractivity contribution in [3.63, 3.8) is 0 Å². The molecule has 1 atom stereocenters. The summed E-state index contributed by atoms with van der Waals surface area (Å²) in [6, 6.07) is 12.7. The minimum absolute atomic E-state index is 0.00852. The average Bonchev–Trinajstić information content (AvgIpc) is 2.97. The van der Waals surface area contributed by atoms with Crippen molar-refractivity contribution in [3.8, 4) is 0 Å². The van der Waals surface area contributed by atoms with Crippen LogP contribution in [0, 0.1) is 13.8 Å². The normalized spacial score (nSPS) is 14.5. The summed E-state index contributed by atoms with van der Waals surface area (Å²) >= 11 is 0. The molecule has 0 fully saturated rings. The number of hydrogen-bond donors (Lipinski definition) is 1. The van der Waals surface area contributed by atoms with E-state index in [1.807, 2.05) is 32.0 Å². The summed E-state index contributed by atoms with van der Waals surface area (Å²) in [5, 5.41) is 3.13. The number of carbonyl (C=O) groups is 1. The van der Waals surface area contributed by atoms with E-state index in [2.05, 4.69) is 30.4 Å². The molecule has 0 heterocycles. The Bertz CT molecular complexity index is 718. The van der Waals surface area contributed by atoms with Crippen LogP contribution in [-0.2, 0) is 12.8 Å². The number of aryl methyl sites for hydroxylation is 4. The highest BCUT2D eigenvalue weighted by molar-refractivity contribution is 5.96. The van der Waals surface area contributed by atoms with Gasteiger partial charge in [-0.25, -0.2) is 0 Å². The molecule has 0 spiro atoms. The quantitative estimate of drug-likeness (QED) is 0.899. The standard InChI is InChI=1S/C20H23NO/c1-13-7-8-14(2)19(11-13)20(22)21-15(3)17-10-9-16-5-4-6-18(16)12-17/h7-12,15H,4-6H2,1-3H3,(H,21,22)/t15-/m0/s1. The first-order valence-corrected chi connectivity index (χ1v) is 8.04. The Morgan fingerprint density at radius 1 is 1.05 bits per heavy atom. The van der Waals surface area contributed by atoms with Crippen LogP contribution in [0.15, 0.2) is 36.4 Å². The van der Waals surface area contributed by atoms with Gasteiger partial charge in [-0.1, -0.05) is 35.9 Å². The first-order valence-electron chi connectivity index (χ1n) is 8.04. The molecular formula is C20H23NO.